The summed E-state index contributed by atoms with van der Waals surface area (Å²) >= 11 is 6.14. The summed E-state index contributed by atoms with van der Waals surface area (Å²) in [6.07, 6.45) is -2.74. The van der Waals surface area contributed by atoms with Gasteiger partial charge in [-0.2, -0.15) is 13.2 Å². The molecule has 0 bridgehead atoms. The highest BCUT2D eigenvalue weighted by molar-refractivity contribution is 6.30. The number of pyridine rings is 1. The van der Waals surface area contributed by atoms with E-state index in [-0.39, 0.29) is 23.2 Å². The first-order valence-electron chi connectivity index (χ1n) is 11.8. The van der Waals surface area contributed by atoms with E-state index in [2.05, 4.69) is 20.2 Å². The van der Waals surface area contributed by atoms with Crippen molar-refractivity contribution in [3.05, 3.63) is 93.7 Å². The molecule has 0 saturated carbocycles. The summed E-state index contributed by atoms with van der Waals surface area (Å²) in [7, 11) is 1.28. The van der Waals surface area contributed by atoms with Crippen molar-refractivity contribution in [2.24, 2.45) is 0 Å². The number of aromatic nitrogens is 5. The summed E-state index contributed by atoms with van der Waals surface area (Å²) in [5.41, 5.74) is 2.98. The molecule has 39 heavy (non-hydrogen) atoms. The number of hydrogen-bond donors (Lipinski definition) is 1. The van der Waals surface area contributed by atoms with Crippen LogP contribution in [0.2, 0.25) is 5.02 Å². The highest BCUT2D eigenvalue weighted by Crippen LogP contribution is 2.43. The van der Waals surface area contributed by atoms with E-state index >= 15 is 0 Å². The number of benzene rings is 2. The van der Waals surface area contributed by atoms with Crippen molar-refractivity contribution >= 4 is 28.8 Å². The van der Waals surface area contributed by atoms with Crippen LogP contribution in [0.15, 0.2) is 54.7 Å². The topological polar surface area (TPSA) is 88.4 Å². The van der Waals surface area contributed by atoms with Crippen molar-refractivity contribution in [3.63, 3.8) is 0 Å². The van der Waals surface area contributed by atoms with Gasteiger partial charge in [-0.3, -0.25) is 14.1 Å². The molecule has 0 saturated heterocycles. The molecule has 1 atom stereocenters. The molecule has 1 aliphatic rings. The Morgan fingerprint density at radius 2 is 1.79 bits per heavy atom. The van der Waals surface area contributed by atoms with Gasteiger partial charge in [0.25, 0.3) is 5.91 Å². The van der Waals surface area contributed by atoms with Crippen LogP contribution in [0.4, 0.5) is 18.9 Å². The molecule has 4 heterocycles. The molecule has 0 spiro atoms. The molecule has 6 rings (SSSR count). The van der Waals surface area contributed by atoms with Gasteiger partial charge < -0.3 is 9.72 Å². The molecule has 3 aromatic heterocycles. The third-order valence-electron chi connectivity index (χ3n) is 6.78. The van der Waals surface area contributed by atoms with Gasteiger partial charge in [0.2, 0.25) is 0 Å². The van der Waals surface area contributed by atoms with E-state index in [0.717, 1.165) is 23.3 Å². The first kappa shape index (κ1) is 24.9. The van der Waals surface area contributed by atoms with Crippen LogP contribution in [0.25, 0.3) is 17.0 Å². The van der Waals surface area contributed by atoms with Gasteiger partial charge in [0, 0.05) is 11.2 Å². The molecule has 1 amide bonds. The zero-order chi connectivity index (χ0) is 27.6. The standard InChI is InChI=1S/C27H20ClF3N6O2/c1-13-10-18(12-36-14(2)34-35-25(13)36)37-23(15-4-7-17(28)8-5-15)21-22(26(37)38)33-24(32-21)19-9-6-16(27(29,30)31)11-20(19)39-3/h4-12,23H,1-3H3,(H,32,33). The van der Waals surface area contributed by atoms with E-state index in [1.54, 1.807) is 23.2 Å². The monoisotopic (exact) mass is 552 g/mol. The Morgan fingerprint density at radius 1 is 1.05 bits per heavy atom. The van der Waals surface area contributed by atoms with E-state index in [1.165, 1.54) is 13.2 Å². The van der Waals surface area contributed by atoms with E-state index < -0.39 is 17.8 Å². The number of nitrogens with one attached hydrogen (secondary N) is 1. The number of methoxy groups -OCH3 is 1. The van der Waals surface area contributed by atoms with Crippen LogP contribution in [-0.2, 0) is 6.18 Å². The average molecular weight is 553 g/mol. The first-order valence-corrected chi connectivity index (χ1v) is 12.2. The summed E-state index contributed by atoms with van der Waals surface area (Å²) in [6.45, 7) is 3.71. The maximum absolute atomic E-state index is 13.9. The number of aryl methyl sites for hydroxylation is 2. The largest absolute Gasteiger partial charge is 0.496 e. The summed E-state index contributed by atoms with van der Waals surface area (Å²) < 4.78 is 46.9. The average Bonchev–Trinajstić information content (AvgIpc) is 3.57. The molecule has 8 nitrogen and oxygen atoms in total. The van der Waals surface area contributed by atoms with Crippen LogP contribution < -0.4 is 9.64 Å². The predicted octanol–water partition coefficient (Wildman–Crippen LogP) is 6.17. The van der Waals surface area contributed by atoms with Crippen LogP contribution in [0, 0.1) is 13.8 Å². The van der Waals surface area contributed by atoms with Crippen molar-refractivity contribution < 1.29 is 22.7 Å². The smallest absolute Gasteiger partial charge is 0.416 e. The fourth-order valence-corrected chi connectivity index (χ4v) is 5.03. The zero-order valence-corrected chi connectivity index (χ0v) is 21.6. The molecule has 1 aliphatic heterocycles. The number of hydrogen-bond acceptors (Lipinski definition) is 5. The van der Waals surface area contributed by atoms with Crippen molar-refractivity contribution in [2.45, 2.75) is 26.1 Å². The number of carbonyl (C=O) groups excluding carboxylic acids is 1. The molecule has 5 aromatic rings. The Labute approximate surface area is 225 Å². The minimum Gasteiger partial charge on any atom is -0.496 e. The maximum Gasteiger partial charge on any atom is 0.416 e. The molecule has 2 aromatic carbocycles. The summed E-state index contributed by atoms with van der Waals surface area (Å²) in [5.74, 6) is 0.494. The number of H-pyrrole nitrogens is 1. The molecule has 0 aliphatic carbocycles. The van der Waals surface area contributed by atoms with E-state index in [1.807, 2.05) is 36.4 Å². The minimum absolute atomic E-state index is 0.0197. The normalized spacial score (nSPS) is 15.3. The molecule has 12 heteroatoms. The number of fused-ring (bicyclic) bond motifs is 2. The Morgan fingerprint density at radius 3 is 2.49 bits per heavy atom. The van der Waals surface area contributed by atoms with Gasteiger partial charge in [0.1, 0.15) is 23.4 Å². The molecular formula is C27H20ClF3N6O2. The number of carbonyl (C=O) groups is 1. The fourth-order valence-electron chi connectivity index (χ4n) is 4.91. The molecule has 0 fully saturated rings. The second kappa shape index (κ2) is 8.84. The number of amides is 1. The minimum atomic E-state index is -4.53. The number of alkyl halides is 3. The lowest BCUT2D eigenvalue weighted by molar-refractivity contribution is -0.137. The Balaban J connectivity index is 1.51. The van der Waals surface area contributed by atoms with E-state index in [9.17, 15) is 18.0 Å². The third-order valence-corrected chi connectivity index (χ3v) is 7.03. The highest BCUT2D eigenvalue weighted by atomic mass is 35.5. The van der Waals surface area contributed by atoms with Crippen LogP contribution in [0.5, 0.6) is 5.75 Å². The van der Waals surface area contributed by atoms with Gasteiger partial charge in [0.15, 0.2) is 11.3 Å². The van der Waals surface area contributed by atoms with Crippen LogP contribution in [0.3, 0.4) is 0 Å². The quantitative estimate of drug-likeness (QED) is 0.288. The highest BCUT2D eigenvalue weighted by Gasteiger charge is 2.43. The van der Waals surface area contributed by atoms with Crippen molar-refractivity contribution in [1.82, 2.24) is 24.6 Å². The molecule has 0 radical (unpaired) electrons. The van der Waals surface area contributed by atoms with E-state index in [0.29, 0.717) is 33.4 Å². The van der Waals surface area contributed by atoms with Gasteiger partial charge in [0.05, 0.1) is 29.6 Å². The molecule has 1 unspecified atom stereocenters. The Bertz CT molecular complexity index is 1760. The summed E-state index contributed by atoms with van der Waals surface area (Å²) in [5, 5.41) is 8.87. The van der Waals surface area contributed by atoms with Crippen LogP contribution >= 0.6 is 11.6 Å². The lowest BCUT2D eigenvalue weighted by Gasteiger charge is -2.26. The number of imidazole rings is 1. The SMILES string of the molecule is COc1cc(C(F)(F)F)ccc1-c1nc2c([nH]1)C(c1ccc(Cl)cc1)N(c1cc(C)c3nnc(C)n3c1)C2=O. The van der Waals surface area contributed by atoms with Gasteiger partial charge in [-0.25, -0.2) is 4.98 Å². The summed E-state index contributed by atoms with van der Waals surface area (Å²) in [6, 6.07) is 11.5. The molecule has 1 N–H and O–H groups in total. The fraction of sp³-hybridized carbons (Fsp3) is 0.185. The lowest BCUT2D eigenvalue weighted by Crippen LogP contribution is -2.29. The number of ether oxygens (including phenoxy) is 1. The predicted molar refractivity (Wildman–Crippen MR) is 138 cm³/mol. The number of nitrogens with zero attached hydrogens (tertiary/aromatic N) is 5. The van der Waals surface area contributed by atoms with Crippen molar-refractivity contribution in [3.8, 4) is 17.1 Å². The van der Waals surface area contributed by atoms with E-state index in [4.69, 9.17) is 16.3 Å². The zero-order valence-electron chi connectivity index (χ0n) is 20.8. The van der Waals surface area contributed by atoms with Gasteiger partial charge in [-0.05, 0) is 61.4 Å². The van der Waals surface area contributed by atoms with Crippen molar-refractivity contribution in [2.75, 3.05) is 12.0 Å². The number of rotatable bonds is 4. The van der Waals surface area contributed by atoms with Crippen LogP contribution in [0.1, 0.15) is 44.7 Å². The maximum atomic E-state index is 13.9. The second-order valence-corrected chi connectivity index (χ2v) is 9.65. The Kier molecular flexibility index (Phi) is 5.65. The van der Waals surface area contributed by atoms with Gasteiger partial charge in [-0.1, -0.05) is 23.7 Å². The number of halogens is 4. The molecular weight excluding hydrogens is 533 g/mol. The molecule has 198 valence electrons. The summed E-state index contributed by atoms with van der Waals surface area (Å²) in [4.78, 5) is 23.3. The second-order valence-electron chi connectivity index (χ2n) is 9.21. The van der Waals surface area contributed by atoms with Crippen molar-refractivity contribution in [1.29, 1.82) is 0 Å². The number of anilines is 1. The van der Waals surface area contributed by atoms with Crippen LogP contribution in [-0.4, -0.2) is 37.6 Å². The Hall–Kier alpha value is -4.38. The third kappa shape index (κ3) is 4.00. The lowest BCUT2D eigenvalue weighted by atomic mass is 10.0. The first-order chi connectivity index (χ1) is 18.6. The van der Waals surface area contributed by atoms with Gasteiger partial charge in [-0.15, -0.1) is 10.2 Å². The number of aromatic amines is 1. The van der Waals surface area contributed by atoms with Gasteiger partial charge >= 0.3 is 6.18 Å².